The lowest BCUT2D eigenvalue weighted by Gasteiger charge is -2.13. The predicted molar refractivity (Wildman–Crippen MR) is 124 cm³/mol. The van der Waals surface area contributed by atoms with Gasteiger partial charge in [0.1, 0.15) is 0 Å². The zero-order chi connectivity index (χ0) is 20.6. The number of nitrogens with one attached hydrogen (secondary N) is 2. The third kappa shape index (κ3) is 5.55. The van der Waals surface area contributed by atoms with Gasteiger partial charge in [-0.05, 0) is 79.0 Å². The Morgan fingerprint density at radius 2 is 1.86 bits per heavy atom. The van der Waals surface area contributed by atoms with Gasteiger partial charge in [0, 0.05) is 12.2 Å². The Hall–Kier alpha value is -2.92. The van der Waals surface area contributed by atoms with Gasteiger partial charge < -0.3 is 15.4 Å². The molecule has 0 aliphatic carbocycles. The first kappa shape index (κ1) is 20.8. The van der Waals surface area contributed by atoms with Gasteiger partial charge in [-0.1, -0.05) is 42.5 Å². The minimum Gasteiger partial charge on any atom is -0.462 e. The van der Waals surface area contributed by atoms with Gasteiger partial charge in [-0.15, -0.1) is 0 Å². The highest BCUT2D eigenvalue weighted by atomic mass is 32.1. The molecule has 0 aliphatic heterocycles. The number of benzene rings is 3. The quantitative estimate of drug-likeness (QED) is 0.319. The Morgan fingerprint density at radius 3 is 2.66 bits per heavy atom. The third-order valence-corrected chi connectivity index (χ3v) is 5.02. The summed E-state index contributed by atoms with van der Waals surface area (Å²) in [6, 6.07) is 20.3. The summed E-state index contributed by atoms with van der Waals surface area (Å²) in [7, 11) is 0. The molecule has 0 atom stereocenters. The lowest BCUT2D eigenvalue weighted by Crippen LogP contribution is -2.29. The molecule has 0 spiro atoms. The Balaban J connectivity index is 1.49. The van der Waals surface area contributed by atoms with E-state index in [-0.39, 0.29) is 5.97 Å². The topological polar surface area (TPSA) is 50.4 Å². The molecular weight excluding hydrogens is 380 g/mol. The molecule has 3 aromatic rings. The largest absolute Gasteiger partial charge is 0.462 e. The highest BCUT2D eigenvalue weighted by Gasteiger charge is 2.09. The standard InChI is InChI=1S/C24H26N2O2S/c1-3-28-23(27)20-13-14-22(17(2)16-20)26-24(29)25-15-7-11-19-10-6-9-18-8-4-5-12-21(18)19/h4-6,8-10,12-14,16H,3,7,11,15H2,1-2H3,(H2,25,26,29). The maximum atomic E-state index is 11.8. The van der Waals surface area contributed by atoms with Crippen molar-refractivity contribution in [3.05, 3.63) is 77.4 Å². The van der Waals surface area contributed by atoms with Crippen LogP contribution < -0.4 is 10.6 Å². The van der Waals surface area contributed by atoms with E-state index in [9.17, 15) is 4.79 Å². The molecule has 0 heterocycles. The van der Waals surface area contributed by atoms with Crippen molar-refractivity contribution in [2.75, 3.05) is 18.5 Å². The van der Waals surface area contributed by atoms with E-state index in [1.165, 1.54) is 16.3 Å². The van der Waals surface area contributed by atoms with E-state index < -0.39 is 0 Å². The number of rotatable bonds is 7. The Labute approximate surface area is 177 Å². The van der Waals surface area contributed by atoms with E-state index in [4.69, 9.17) is 17.0 Å². The molecule has 0 aliphatic rings. The second-order valence-electron chi connectivity index (χ2n) is 6.87. The number of carbonyl (C=O) groups is 1. The van der Waals surface area contributed by atoms with E-state index in [1.54, 1.807) is 13.0 Å². The van der Waals surface area contributed by atoms with Crippen LogP contribution in [0.1, 0.15) is 34.8 Å². The van der Waals surface area contributed by atoms with Crippen LogP contribution in [0.5, 0.6) is 0 Å². The smallest absolute Gasteiger partial charge is 0.338 e. The molecule has 0 amide bonds. The summed E-state index contributed by atoms with van der Waals surface area (Å²) >= 11 is 5.41. The summed E-state index contributed by atoms with van der Waals surface area (Å²) in [6.45, 7) is 4.89. The van der Waals surface area contributed by atoms with Crippen LogP contribution in [0, 0.1) is 6.92 Å². The van der Waals surface area contributed by atoms with E-state index in [2.05, 4.69) is 53.1 Å². The van der Waals surface area contributed by atoms with Crippen molar-refractivity contribution >= 4 is 39.8 Å². The second kappa shape index (κ2) is 10.0. The van der Waals surface area contributed by atoms with Crippen LogP contribution in [0.25, 0.3) is 10.8 Å². The van der Waals surface area contributed by atoms with E-state index in [0.29, 0.717) is 17.3 Å². The number of carbonyl (C=O) groups excluding carboxylic acids is 1. The molecule has 0 saturated carbocycles. The molecule has 29 heavy (non-hydrogen) atoms. The number of fused-ring (bicyclic) bond motifs is 1. The van der Waals surface area contributed by atoms with Gasteiger partial charge in [0.25, 0.3) is 0 Å². The molecule has 150 valence electrons. The van der Waals surface area contributed by atoms with Crippen LogP contribution in [0.15, 0.2) is 60.7 Å². The van der Waals surface area contributed by atoms with Crippen molar-refractivity contribution in [3.8, 4) is 0 Å². The van der Waals surface area contributed by atoms with E-state index in [1.807, 2.05) is 19.1 Å². The summed E-state index contributed by atoms with van der Waals surface area (Å²) in [4.78, 5) is 11.8. The van der Waals surface area contributed by atoms with E-state index >= 15 is 0 Å². The molecule has 0 unspecified atom stereocenters. The maximum Gasteiger partial charge on any atom is 0.338 e. The molecule has 0 fully saturated rings. The first-order valence-corrected chi connectivity index (χ1v) is 10.3. The minimum absolute atomic E-state index is 0.309. The summed E-state index contributed by atoms with van der Waals surface area (Å²) < 4.78 is 5.04. The molecule has 0 radical (unpaired) electrons. The summed E-state index contributed by atoms with van der Waals surface area (Å²) in [6.07, 6.45) is 1.97. The van der Waals surface area contributed by atoms with Crippen molar-refractivity contribution in [1.82, 2.24) is 5.32 Å². The molecule has 2 N–H and O–H groups in total. The Bertz CT molecular complexity index is 1010. The van der Waals surface area contributed by atoms with Gasteiger partial charge in [-0.2, -0.15) is 0 Å². The fraction of sp³-hybridized carbons (Fsp3) is 0.250. The highest BCUT2D eigenvalue weighted by molar-refractivity contribution is 7.80. The zero-order valence-corrected chi connectivity index (χ0v) is 17.6. The lowest BCUT2D eigenvalue weighted by molar-refractivity contribution is 0.0526. The molecule has 3 aromatic carbocycles. The summed E-state index contributed by atoms with van der Waals surface area (Å²) in [5.74, 6) is -0.309. The van der Waals surface area contributed by atoms with Gasteiger partial charge in [0.15, 0.2) is 5.11 Å². The number of thiocarbonyl (C=S) groups is 1. The van der Waals surface area contributed by atoms with Crippen LogP contribution in [-0.4, -0.2) is 24.2 Å². The van der Waals surface area contributed by atoms with Gasteiger partial charge in [-0.3, -0.25) is 0 Å². The number of ether oxygens (including phenoxy) is 1. The highest BCUT2D eigenvalue weighted by Crippen LogP contribution is 2.20. The van der Waals surface area contributed by atoms with Crippen molar-refractivity contribution in [2.45, 2.75) is 26.7 Å². The molecular formula is C24H26N2O2S. The zero-order valence-electron chi connectivity index (χ0n) is 16.8. The Morgan fingerprint density at radius 1 is 1.07 bits per heavy atom. The van der Waals surface area contributed by atoms with Crippen LogP contribution >= 0.6 is 12.2 Å². The van der Waals surface area contributed by atoms with Crippen molar-refractivity contribution in [2.24, 2.45) is 0 Å². The van der Waals surface area contributed by atoms with Crippen LogP contribution in [0.3, 0.4) is 0 Å². The number of hydrogen-bond donors (Lipinski definition) is 2. The average Bonchev–Trinajstić information content (AvgIpc) is 2.73. The van der Waals surface area contributed by atoms with Gasteiger partial charge in [0.2, 0.25) is 0 Å². The molecule has 0 aromatic heterocycles. The lowest BCUT2D eigenvalue weighted by atomic mass is 10.0. The summed E-state index contributed by atoms with van der Waals surface area (Å²) in [5.41, 5.74) is 3.72. The monoisotopic (exact) mass is 406 g/mol. The molecule has 0 saturated heterocycles. The first-order valence-electron chi connectivity index (χ1n) is 9.87. The average molecular weight is 407 g/mol. The number of anilines is 1. The Kier molecular flexibility index (Phi) is 7.19. The van der Waals surface area contributed by atoms with Gasteiger partial charge in [0.05, 0.1) is 12.2 Å². The fourth-order valence-corrected chi connectivity index (χ4v) is 3.52. The van der Waals surface area contributed by atoms with Crippen molar-refractivity contribution in [1.29, 1.82) is 0 Å². The molecule has 5 heteroatoms. The van der Waals surface area contributed by atoms with Gasteiger partial charge in [-0.25, -0.2) is 4.79 Å². The first-order chi connectivity index (χ1) is 14.1. The second-order valence-corrected chi connectivity index (χ2v) is 7.28. The van der Waals surface area contributed by atoms with Crippen LogP contribution in [0.2, 0.25) is 0 Å². The normalized spacial score (nSPS) is 10.6. The number of hydrogen-bond acceptors (Lipinski definition) is 3. The summed E-state index contributed by atoms with van der Waals surface area (Å²) in [5, 5.41) is 9.63. The van der Waals surface area contributed by atoms with Crippen molar-refractivity contribution in [3.63, 3.8) is 0 Å². The third-order valence-electron chi connectivity index (χ3n) is 4.77. The predicted octanol–water partition coefficient (Wildman–Crippen LogP) is 5.24. The number of esters is 1. The van der Waals surface area contributed by atoms with Crippen molar-refractivity contribution < 1.29 is 9.53 Å². The maximum absolute atomic E-state index is 11.8. The molecule has 3 rings (SSSR count). The minimum atomic E-state index is -0.309. The molecule has 4 nitrogen and oxygen atoms in total. The molecule has 0 bridgehead atoms. The fourth-order valence-electron chi connectivity index (χ4n) is 3.30. The van der Waals surface area contributed by atoms with Crippen LogP contribution in [0.4, 0.5) is 5.69 Å². The van der Waals surface area contributed by atoms with Gasteiger partial charge >= 0.3 is 5.97 Å². The van der Waals surface area contributed by atoms with E-state index in [0.717, 1.165) is 30.6 Å². The number of aryl methyl sites for hydroxylation is 2. The SMILES string of the molecule is CCOC(=O)c1ccc(NC(=S)NCCCc2cccc3ccccc23)c(C)c1. The van der Waals surface area contributed by atoms with Crippen LogP contribution in [-0.2, 0) is 11.2 Å².